The third kappa shape index (κ3) is 3.96. The lowest BCUT2D eigenvalue weighted by atomic mass is 10.1. The molecule has 0 fully saturated rings. The van der Waals surface area contributed by atoms with Gasteiger partial charge in [-0.25, -0.2) is 0 Å². The summed E-state index contributed by atoms with van der Waals surface area (Å²) >= 11 is 0. The smallest absolute Gasteiger partial charge is 0.255 e. The molecule has 0 saturated heterocycles. The van der Waals surface area contributed by atoms with Crippen molar-refractivity contribution < 1.29 is 18.8 Å². The molecule has 0 radical (unpaired) electrons. The minimum atomic E-state index is -0.207. The summed E-state index contributed by atoms with van der Waals surface area (Å²) < 4.78 is 16.6. The van der Waals surface area contributed by atoms with Gasteiger partial charge in [-0.05, 0) is 72.9 Å². The van der Waals surface area contributed by atoms with Crippen LogP contribution >= 0.6 is 0 Å². The molecule has 0 unspecified atom stereocenters. The number of methoxy groups -OCH3 is 1. The monoisotopic (exact) mass is 440 g/mol. The summed E-state index contributed by atoms with van der Waals surface area (Å²) in [6.07, 6.45) is 0.875. The maximum atomic E-state index is 12.9. The third-order valence-electron chi connectivity index (χ3n) is 6.03. The quantitative estimate of drug-likeness (QED) is 0.366. The fourth-order valence-corrected chi connectivity index (χ4v) is 4.21. The van der Waals surface area contributed by atoms with Gasteiger partial charge in [-0.1, -0.05) is 35.5 Å². The lowest BCUT2D eigenvalue weighted by molar-refractivity contribution is 0.102. The first-order valence-electron chi connectivity index (χ1n) is 10.8. The van der Waals surface area contributed by atoms with Crippen molar-refractivity contribution in [3.63, 3.8) is 0 Å². The number of hydrogen-bond acceptors (Lipinski definition) is 5. The van der Waals surface area contributed by atoms with E-state index in [-0.39, 0.29) is 5.91 Å². The first kappa shape index (κ1) is 20.8. The van der Waals surface area contributed by atoms with E-state index in [1.54, 1.807) is 25.3 Å². The van der Waals surface area contributed by atoms with E-state index < -0.39 is 0 Å². The molecule has 1 amide bonds. The molecule has 1 N–H and O–H groups in total. The van der Waals surface area contributed by atoms with E-state index in [1.807, 2.05) is 26.0 Å². The number of aromatic nitrogens is 1. The van der Waals surface area contributed by atoms with Gasteiger partial charge in [0.05, 0.1) is 18.4 Å². The van der Waals surface area contributed by atoms with Gasteiger partial charge in [-0.2, -0.15) is 0 Å². The standard InChI is InChI=1S/C27H24N2O4/c1-16-24(17(2)33-29-16)15-32-25-11-8-19(14-26(25)31-3)27(30)28-21-9-10-23-20(13-21)12-18-6-4-5-7-22(18)23/h4-11,13-14H,12,15H2,1-3H3,(H,28,30). The number of ether oxygens (including phenoxy) is 2. The average Bonchev–Trinajstić information content (AvgIpc) is 3.36. The van der Waals surface area contributed by atoms with E-state index in [4.69, 9.17) is 14.0 Å². The van der Waals surface area contributed by atoms with Crippen LogP contribution in [-0.2, 0) is 13.0 Å². The zero-order chi connectivity index (χ0) is 22.9. The SMILES string of the molecule is COc1cc(C(=O)Nc2ccc3c(c2)Cc2ccccc2-3)ccc1OCc1c(C)noc1C. The highest BCUT2D eigenvalue weighted by molar-refractivity contribution is 6.05. The van der Waals surface area contributed by atoms with Gasteiger partial charge in [0.15, 0.2) is 11.5 Å². The maximum Gasteiger partial charge on any atom is 0.255 e. The van der Waals surface area contributed by atoms with Gasteiger partial charge < -0.3 is 19.3 Å². The number of fused-ring (bicyclic) bond motifs is 3. The first-order chi connectivity index (χ1) is 16.0. The lowest BCUT2D eigenvalue weighted by Crippen LogP contribution is -2.12. The Hall–Kier alpha value is -4.06. The molecule has 5 rings (SSSR count). The second-order valence-corrected chi connectivity index (χ2v) is 8.12. The van der Waals surface area contributed by atoms with Crippen molar-refractivity contribution in [1.29, 1.82) is 0 Å². The number of rotatable bonds is 6. The number of carbonyl (C=O) groups excluding carboxylic acids is 1. The van der Waals surface area contributed by atoms with Gasteiger partial charge in [0.1, 0.15) is 12.4 Å². The molecule has 6 heteroatoms. The maximum absolute atomic E-state index is 12.9. The minimum absolute atomic E-state index is 0.207. The van der Waals surface area contributed by atoms with E-state index in [9.17, 15) is 4.79 Å². The molecule has 0 aliphatic heterocycles. The molecule has 33 heavy (non-hydrogen) atoms. The Morgan fingerprint density at radius 1 is 1.00 bits per heavy atom. The lowest BCUT2D eigenvalue weighted by Gasteiger charge is -2.13. The normalized spacial score (nSPS) is 11.6. The number of carbonyl (C=O) groups is 1. The van der Waals surface area contributed by atoms with Gasteiger partial charge in [-0.3, -0.25) is 4.79 Å². The number of amides is 1. The Labute approximate surface area is 192 Å². The molecular weight excluding hydrogens is 416 g/mol. The Morgan fingerprint density at radius 3 is 2.61 bits per heavy atom. The molecule has 166 valence electrons. The van der Waals surface area contributed by atoms with Crippen LogP contribution in [0.5, 0.6) is 11.5 Å². The molecule has 3 aromatic carbocycles. The van der Waals surface area contributed by atoms with Crippen molar-refractivity contribution in [3.05, 3.63) is 94.4 Å². The number of nitrogens with zero attached hydrogens (tertiary/aromatic N) is 1. The fourth-order valence-electron chi connectivity index (χ4n) is 4.21. The minimum Gasteiger partial charge on any atom is -0.493 e. The Bertz CT molecular complexity index is 1340. The summed E-state index contributed by atoms with van der Waals surface area (Å²) in [5.74, 6) is 1.55. The number of nitrogens with one attached hydrogen (secondary N) is 1. The second kappa shape index (κ2) is 8.47. The van der Waals surface area contributed by atoms with Gasteiger partial charge >= 0.3 is 0 Å². The molecule has 0 bridgehead atoms. The van der Waals surface area contributed by atoms with Crippen LogP contribution in [0.2, 0.25) is 0 Å². The van der Waals surface area contributed by atoms with Gasteiger partial charge in [0, 0.05) is 11.3 Å². The molecule has 0 saturated carbocycles. The highest BCUT2D eigenvalue weighted by atomic mass is 16.5. The van der Waals surface area contributed by atoms with Crippen molar-refractivity contribution in [1.82, 2.24) is 5.16 Å². The van der Waals surface area contributed by atoms with Crippen LogP contribution in [0.3, 0.4) is 0 Å². The molecular formula is C27H24N2O4. The molecule has 1 aliphatic rings. The van der Waals surface area contributed by atoms with Crippen molar-refractivity contribution in [2.45, 2.75) is 26.9 Å². The summed E-state index contributed by atoms with van der Waals surface area (Å²) in [7, 11) is 1.55. The molecule has 1 aliphatic carbocycles. The Morgan fingerprint density at radius 2 is 1.82 bits per heavy atom. The van der Waals surface area contributed by atoms with Gasteiger partial charge in [0.2, 0.25) is 0 Å². The summed E-state index contributed by atoms with van der Waals surface area (Å²) in [6, 6.07) is 19.6. The molecule has 4 aromatic rings. The highest BCUT2D eigenvalue weighted by Crippen LogP contribution is 2.37. The zero-order valence-electron chi connectivity index (χ0n) is 18.8. The predicted molar refractivity (Wildman–Crippen MR) is 126 cm³/mol. The van der Waals surface area contributed by atoms with E-state index in [0.717, 1.165) is 29.1 Å². The Balaban J connectivity index is 1.30. The fraction of sp³-hybridized carbons (Fsp3) is 0.185. The summed E-state index contributed by atoms with van der Waals surface area (Å²) in [6.45, 7) is 4.03. The molecule has 0 spiro atoms. The van der Waals surface area contributed by atoms with Crippen LogP contribution < -0.4 is 14.8 Å². The largest absolute Gasteiger partial charge is 0.493 e. The van der Waals surface area contributed by atoms with Crippen LogP contribution in [0.1, 0.15) is 38.5 Å². The molecule has 1 aromatic heterocycles. The van der Waals surface area contributed by atoms with Gasteiger partial charge in [-0.15, -0.1) is 0 Å². The topological polar surface area (TPSA) is 73.6 Å². The second-order valence-electron chi connectivity index (χ2n) is 8.12. The Kier molecular flexibility index (Phi) is 5.34. The number of anilines is 1. The summed E-state index contributed by atoms with van der Waals surface area (Å²) in [5.41, 5.74) is 7.97. The van der Waals surface area contributed by atoms with Crippen molar-refractivity contribution in [2.75, 3.05) is 12.4 Å². The number of benzene rings is 3. The van der Waals surface area contributed by atoms with Crippen molar-refractivity contribution >= 4 is 11.6 Å². The molecule has 6 nitrogen and oxygen atoms in total. The van der Waals surface area contributed by atoms with Gasteiger partial charge in [0.25, 0.3) is 5.91 Å². The predicted octanol–water partition coefficient (Wildman–Crippen LogP) is 5.70. The molecule has 1 heterocycles. The van der Waals surface area contributed by atoms with E-state index in [0.29, 0.717) is 23.7 Å². The van der Waals surface area contributed by atoms with Crippen LogP contribution in [-0.4, -0.2) is 18.2 Å². The van der Waals surface area contributed by atoms with Crippen LogP contribution in [0, 0.1) is 13.8 Å². The number of hydrogen-bond donors (Lipinski definition) is 1. The summed E-state index contributed by atoms with van der Waals surface area (Å²) in [5, 5.41) is 6.94. The number of aryl methyl sites for hydroxylation is 2. The van der Waals surface area contributed by atoms with Crippen LogP contribution in [0.25, 0.3) is 11.1 Å². The third-order valence-corrected chi connectivity index (χ3v) is 6.03. The highest BCUT2D eigenvalue weighted by Gasteiger charge is 2.19. The van der Waals surface area contributed by atoms with Crippen LogP contribution in [0.4, 0.5) is 5.69 Å². The van der Waals surface area contributed by atoms with E-state index >= 15 is 0 Å². The van der Waals surface area contributed by atoms with Crippen molar-refractivity contribution in [3.8, 4) is 22.6 Å². The van der Waals surface area contributed by atoms with E-state index in [1.165, 1.54) is 22.3 Å². The van der Waals surface area contributed by atoms with Crippen LogP contribution in [0.15, 0.2) is 65.2 Å². The zero-order valence-corrected chi connectivity index (χ0v) is 18.8. The molecule has 0 atom stereocenters. The summed E-state index contributed by atoms with van der Waals surface area (Å²) in [4.78, 5) is 12.9. The first-order valence-corrected chi connectivity index (χ1v) is 10.8. The van der Waals surface area contributed by atoms with Crippen molar-refractivity contribution in [2.24, 2.45) is 0 Å². The van der Waals surface area contributed by atoms with E-state index in [2.05, 4.69) is 40.8 Å². The average molecular weight is 440 g/mol.